The molecule has 3 rings (SSSR count). The lowest BCUT2D eigenvalue weighted by Gasteiger charge is -2.41. The molecule has 33 heavy (non-hydrogen) atoms. The van der Waals surface area contributed by atoms with E-state index in [-0.39, 0.29) is 23.8 Å². The average molecular weight is 456 g/mol. The molecule has 182 valence electrons. The van der Waals surface area contributed by atoms with Crippen LogP contribution in [0.3, 0.4) is 0 Å². The van der Waals surface area contributed by atoms with E-state index in [1.54, 1.807) is 0 Å². The van der Waals surface area contributed by atoms with Gasteiger partial charge in [-0.1, -0.05) is 69.4 Å². The second-order valence-corrected chi connectivity index (χ2v) is 9.82. The molecular weight excluding hydrogens is 414 g/mol. The lowest BCUT2D eigenvalue weighted by molar-refractivity contribution is -0.144. The molecule has 6 heteroatoms. The van der Waals surface area contributed by atoms with Crippen molar-refractivity contribution in [3.8, 4) is 0 Å². The van der Waals surface area contributed by atoms with E-state index in [1.165, 1.54) is 25.7 Å². The molecule has 1 aliphatic heterocycles. The van der Waals surface area contributed by atoms with Crippen LogP contribution < -0.4 is 5.32 Å². The molecule has 1 aromatic carbocycles. The number of hydrogen-bond donors (Lipinski definition) is 1. The molecule has 1 N–H and O–H groups in total. The van der Waals surface area contributed by atoms with Crippen LogP contribution in [-0.4, -0.2) is 59.2 Å². The number of nitrogens with one attached hydrogen (secondary N) is 1. The molecule has 1 aliphatic carbocycles. The minimum atomic E-state index is -0.571. The molecule has 6 nitrogen and oxygen atoms in total. The van der Waals surface area contributed by atoms with E-state index in [2.05, 4.69) is 12.2 Å². The molecule has 0 bridgehead atoms. The maximum Gasteiger partial charge on any atom is 0.245 e. The van der Waals surface area contributed by atoms with Crippen LogP contribution in [0.1, 0.15) is 77.2 Å². The Morgan fingerprint density at radius 3 is 2.45 bits per heavy atom. The Labute approximate surface area is 199 Å². The molecule has 2 fully saturated rings. The molecule has 2 unspecified atom stereocenters. The minimum Gasteiger partial charge on any atom is -0.344 e. The van der Waals surface area contributed by atoms with Gasteiger partial charge in [0, 0.05) is 44.9 Å². The molecule has 3 amide bonds. The van der Waals surface area contributed by atoms with Crippen molar-refractivity contribution in [3.63, 3.8) is 0 Å². The zero-order valence-corrected chi connectivity index (χ0v) is 20.4. The highest BCUT2D eigenvalue weighted by molar-refractivity contribution is 5.88. The Morgan fingerprint density at radius 2 is 1.79 bits per heavy atom. The molecule has 2 aliphatic rings. The second kappa shape index (κ2) is 12.8. The quantitative estimate of drug-likeness (QED) is 0.581. The van der Waals surface area contributed by atoms with Gasteiger partial charge in [-0.3, -0.25) is 14.4 Å². The highest BCUT2D eigenvalue weighted by atomic mass is 16.2. The third-order valence-corrected chi connectivity index (χ3v) is 7.17. The van der Waals surface area contributed by atoms with Crippen molar-refractivity contribution in [2.45, 2.75) is 90.1 Å². The van der Waals surface area contributed by atoms with Crippen LogP contribution in [0, 0.1) is 5.92 Å². The van der Waals surface area contributed by atoms with Crippen LogP contribution in [-0.2, 0) is 20.8 Å². The van der Waals surface area contributed by atoms with Gasteiger partial charge in [-0.2, -0.15) is 0 Å². The first-order valence-corrected chi connectivity index (χ1v) is 12.9. The number of benzene rings is 1. The first-order valence-electron chi connectivity index (χ1n) is 12.9. The summed E-state index contributed by atoms with van der Waals surface area (Å²) in [5.41, 5.74) is 1.04. The van der Waals surface area contributed by atoms with E-state index in [1.807, 2.05) is 47.1 Å². The van der Waals surface area contributed by atoms with Crippen molar-refractivity contribution < 1.29 is 14.4 Å². The number of nitrogens with zero attached hydrogens (tertiary/aromatic N) is 2. The first-order chi connectivity index (χ1) is 16.0. The minimum absolute atomic E-state index is 0.0116. The second-order valence-electron chi connectivity index (χ2n) is 9.82. The molecule has 1 aromatic rings. The fourth-order valence-electron chi connectivity index (χ4n) is 5.17. The van der Waals surface area contributed by atoms with Gasteiger partial charge in [-0.25, -0.2) is 0 Å². The van der Waals surface area contributed by atoms with E-state index in [0.717, 1.165) is 24.8 Å². The normalized spacial score (nSPS) is 20.0. The summed E-state index contributed by atoms with van der Waals surface area (Å²) in [6.07, 6.45) is 9.34. The summed E-state index contributed by atoms with van der Waals surface area (Å²) in [4.78, 5) is 42.5. The van der Waals surface area contributed by atoms with Gasteiger partial charge in [0.05, 0.1) is 0 Å². The molecule has 2 atom stereocenters. The molecule has 0 aromatic heterocycles. The Hall–Kier alpha value is -2.37. The summed E-state index contributed by atoms with van der Waals surface area (Å²) in [5, 5.41) is 3.05. The lowest BCUT2D eigenvalue weighted by atomic mass is 10.0. The van der Waals surface area contributed by atoms with Crippen molar-refractivity contribution in [1.29, 1.82) is 0 Å². The van der Waals surface area contributed by atoms with E-state index >= 15 is 0 Å². The molecule has 0 radical (unpaired) electrons. The molecule has 1 saturated heterocycles. The summed E-state index contributed by atoms with van der Waals surface area (Å²) in [6.45, 7) is 5.69. The van der Waals surface area contributed by atoms with Crippen molar-refractivity contribution in [1.82, 2.24) is 15.1 Å². The van der Waals surface area contributed by atoms with Gasteiger partial charge in [0.2, 0.25) is 17.7 Å². The summed E-state index contributed by atoms with van der Waals surface area (Å²) in [5.74, 6) is 0.758. The van der Waals surface area contributed by atoms with Crippen LogP contribution in [0.25, 0.3) is 0 Å². The fourth-order valence-corrected chi connectivity index (χ4v) is 5.17. The zero-order chi connectivity index (χ0) is 23.6. The maximum atomic E-state index is 13.5. The van der Waals surface area contributed by atoms with Crippen molar-refractivity contribution in [2.75, 3.05) is 19.6 Å². The summed E-state index contributed by atoms with van der Waals surface area (Å²) < 4.78 is 0. The number of piperazine rings is 1. The Balaban J connectivity index is 1.60. The SMILES string of the molecule is CCCCC(=O)N1CCN(C(=O)C(Cc2ccccc2)NC(=O)CCC2CCCC2)CC1C. The number of carbonyl (C=O) groups is 3. The predicted molar refractivity (Wildman–Crippen MR) is 131 cm³/mol. The van der Waals surface area contributed by atoms with Crippen LogP contribution in [0.15, 0.2) is 30.3 Å². The van der Waals surface area contributed by atoms with Crippen LogP contribution in [0.5, 0.6) is 0 Å². The molecule has 1 heterocycles. The highest BCUT2D eigenvalue weighted by Crippen LogP contribution is 2.28. The predicted octanol–water partition coefficient (Wildman–Crippen LogP) is 3.93. The number of unbranched alkanes of at least 4 members (excludes halogenated alkanes) is 1. The molecule has 0 spiro atoms. The third kappa shape index (κ3) is 7.58. The largest absolute Gasteiger partial charge is 0.344 e. The Kier molecular flexibility index (Phi) is 9.76. The summed E-state index contributed by atoms with van der Waals surface area (Å²) in [6, 6.07) is 9.29. The van der Waals surface area contributed by atoms with Crippen LogP contribution >= 0.6 is 0 Å². The van der Waals surface area contributed by atoms with Crippen LogP contribution in [0.4, 0.5) is 0 Å². The third-order valence-electron chi connectivity index (χ3n) is 7.17. The topological polar surface area (TPSA) is 69.7 Å². The summed E-state index contributed by atoms with van der Waals surface area (Å²) >= 11 is 0. The van der Waals surface area contributed by atoms with Gasteiger partial charge >= 0.3 is 0 Å². The van der Waals surface area contributed by atoms with Gasteiger partial charge in [0.1, 0.15) is 6.04 Å². The first kappa shape index (κ1) is 25.3. The molecular formula is C27H41N3O3. The zero-order valence-electron chi connectivity index (χ0n) is 20.4. The van der Waals surface area contributed by atoms with E-state index < -0.39 is 6.04 Å². The maximum absolute atomic E-state index is 13.5. The Morgan fingerprint density at radius 1 is 1.06 bits per heavy atom. The number of hydrogen-bond acceptors (Lipinski definition) is 3. The van der Waals surface area contributed by atoms with E-state index in [4.69, 9.17) is 0 Å². The van der Waals surface area contributed by atoms with Gasteiger partial charge < -0.3 is 15.1 Å². The number of carbonyl (C=O) groups excluding carboxylic acids is 3. The number of rotatable bonds is 10. The van der Waals surface area contributed by atoms with E-state index in [0.29, 0.717) is 44.8 Å². The van der Waals surface area contributed by atoms with Gasteiger partial charge in [0.25, 0.3) is 0 Å². The van der Waals surface area contributed by atoms with Crippen molar-refractivity contribution in [3.05, 3.63) is 35.9 Å². The monoisotopic (exact) mass is 455 g/mol. The smallest absolute Gasteiger partial charge is 0.245 e. The van der Waals surface area contributed by atoms with Gasteiger partial charge in [-0.15, -0.1) is 0 Å². The number of amides is 3. The lowest BCUT2D eigenvalue weighted by Crippen LogP contribution is -2.59. The van der Waals surface area contributed by atoms with Crippen LogP contribution in [0.2, 0.25) is 0 Å². The van der Waals surface area contributed by atoms with Crippen molar-refractivity contribution >= 4 is 17.7 Å². The van der Waals surface area contributed by atoms with Crippen molar-refractivity contribution in [2.24, 2.45) is 5.92 Å². The van der Waals surface area contributed by atoms with Gasteiger partial charge in [-0.05, 0) is 31.2 Å². The fraction of sp³-hybridized carbons (Fsp3) is 0.667. The van der Waals surface area contributed by atoms with Gasteiger partial charge in [0.15, 0.2) is 0 Å². The molecule has 1 saturated carbocycles. The average Bonchev–Trinajstić information content (AvgIpc) is 3.34. The van der Waals surface area contributed by atoms with E-state index in [9.17, 15) is 14.4 Å². The Bertz CT molecular complexity index is 776. The summed E-state index contributed by atoms with van der Waals surface area (Å²) in [7, 11) is 0. The standard InChI is InChI=1S/C27H41N3O3/c1-3-4-14-26(32)30-18-17-29(20-21(30)2)27(33)24(19-23-12-6-5-7-13-23)28-25(31)16-15-22-10-8-9-11-22/h5-7,12-13,21-22,24H,3-4,8-11,14-20H2,1-2H3,(H,28,31). The highest BCUT2D eigenvalue weighted by Gasteiger charge is 2.33.